The van der Waals surface area contributed by atoms with Gasteiger partial charge in [0.25, 0.3) is 0 Å². The average molecular weight is 164 g/mol. The van der Waals surface area contributed by atoms with Gasteiger partial charge in [-0.2, -0.15) is 0 Å². The molecule has 1 nitrogen and oxygen atoms in total. The number of ketones is 1. The van der Waals surface area contributed by atoms with Crippen LogP contribution in [0.4, 0.5) is 0 Å². The molecule has 0 saturated carbocycles. The van der Waals surface area contributed by atoms with Gasteiger partial charge < -0.3 is 0 Å². The highest BCUT2D eigenvalue weighted by Gasteiger charge is 2.14. The topological polar surface area (TPSA) is 17.1 Å². The van der Waals surface area contributed by atoms with E-state index < -0.39 is 0 Å². The molecule has 0 heterocycles. The minimum absolute atomic E-state index is 0.234. The van der Waals surface area contributed by atoms with E-state index in [1.807, 2.05) is 19.9 Å². The Kier molecular flexibility index (Phi) is 2.85. The fourth-order valence-electron chi connectivity index (χ4n) is 1.53. The van der Waals surface area contributed by atoms with Crippen molar-refractivity contribution in [2.75, 3.05) is 0 Å². The van der Waals surface area contributed by atoms with Gasteiger partial charge in [0, 0.05) is 0 Å². The van der Waals surface area contributed by atoms with Crippen molar-refractivity contribution in [2.24, 2.45) is 0 Å². The van der Waals surface area contributed by atoms with Crippen LogP contribution in [0.25, 0.3) is 0 Å². The van der Waals surface area contributed by atoms with Crippen molar-refractivity contribution in [1.82, 2.24) is 0 Å². The summed E-state index contributed by atoms with van der Waals surface area (Å²) < 4.78 is 0. The molecule has 0 aromatic rings. The van der Waals surface area contributed by atoms with Gasteiger partial charge in [0.15, 0.2) is 5.78 Å². The number of hydrogen-bond acceptors (Lipinski definition) is 1. The van der Waals surface area contributed by atoms with Gasteiger partial charge in [0.2, 0.25) is 0 Å². The lowest BCUT2D eigenvalue weighted by Gasteiger charge is -2.14. The molecule has 0 bridgehead atoms. The largest absolute Gasteiger partial charge is 0.290 e. The molecule has 1 aliphatic rings. The average Bonchev–Trinajstić information content (AvgIpc) is 2.03. The summed E-state index contributed by atoms with van der Waals surface area (Å²) >= 11 is 0. The first-order chi connectivity index (χ1) is 5.65. The molecule has 0 radical (unpaired) electrons. The van der Waals surface area contributed by atoms with Crippen LogP contribution in [0.5, 0.6) is 0 Å². The number of carbonyl (C=O) groups is 1. The lowest BCUT2D eigenvalue weighted by Crippen LogP contribution is -2.08. The van der Waals surface area contributed by atoms with Crippen molar-refractivity contribution < 1.29 is 4.79 Å². The lowest BCUT2D eigenvalue weighted by molar-refractivity contribution is -0.111. The van der Waals surface area contributed by atoms with Crippen LogP contribution < -0.4 is 0 Å². The first-order valence-corrected chi connectivity index (χ1v) is 4.55. The van der Waals surface area contributed by atoms with Gasteiger partial charge in [-0.05, 0) is 44.8 Å². The zero-order chi connectivity index (χ0) is 9.14. The van der Waals surface area contributed by atoms with E-state index >= 15 is 0 Å². The Morgan fingerprint density at radius 2 is 2.08 bits per heavy atom. The molecule has 66 valence electrons. The number of carbonyl (C=O) groups excluding carboxylic acids is 1. The number of rotatable bonds is 1. The Labute approximate surface area is 74.2 Å². The molecule has 1 aliphatic carbocycles. The van der Waals surface area contributed by atoms with Gasteiger partial charge >= 0.3 is 0 Å². The number of allylic oxidation sites excluding steroid dienone is 4. The molecule has 12 heavy (non-hydrogen) atoms. The zero-order valence-electron chi connectivity index (χ0n) is 8.11. The van der Waals surface area contributed by atoms with E-state index in [4.69, 9.17) is 0 Å². The fourth-order valence-corrected chi connectivity index (χ4v) is 1.53. The van der Waals surface area contributed by atoms with Crippen LogP contribution in [0.15, 0.2) is 22.8 Å². The second-order valence-electron chi connectivity index (χ2n) is 3.50. The molecular weight excluding hydrogens is 148 g/mol. The minimum atomic E-state index is 0.234. The highest BCUT2D eigenvalue weighted by atomic mass is 16.1. The molecule has 1 heteroatoms. The third kappa shape index (κ3) is 1.84. The second kappa shape index (κ2) is 3.70. The molecular formula is C11H16O. The molecule has 0 aromatic carbocycles. The summed E-state index contributed by atoms with van der Waals surface area (Å²) in [5.74, 6) is 0.234. The lowest BCUT2D eigenvalue weighted by atomic mass is 9.90. The van der Waals surface area contributed by atoms with Crippen molar-refractivity contribution in [1.29, 1.82) is 0 Å². The quantitative estimate of drug-likeness (QED) is 0.544. The van der Waals surface area contributed by atoms with Crippen LogP contribution in [0, 0.1) is 0 Å². The molecule has 0 aliphatic heterocycles. The number of hydrogen-bond donors (Lipinski definition) is 0. The summed E-state index contributed by atoms with van der Waals surface area (Å²) in [4.78, 5) is 11.5. The van der Waals surface area contributed by atoms with E-state index in [0.29, 0.717) is 0 Å². The van der Waals surface area contributed by atoms with Gasteiger partial charge in [-0.25, -0.2) is 0 Å². The third-order valence-electron chi connectivity index (χ3n) is 2.39. The van der Waals surface area contributed by atoms with Crippen molar-refractivity contribution in [2.45, 2.75) is 40.0 Å². The summed E-state index contributed by atoms with van der Waals surface area (Å²) in [5.41, 5.74) is 3.49. The third-order valence-corrected chi connectivity index (χ3v) is 2.39. The Hall–Kier alpha value is -0.850. The van der Waals surface area contributed by atoms with Crippen LogP contribution in [-0.2, 0) is 4.79 Å². The van der Waals surface area contributed by atoms with Crippen LogP contribution in [0.3, 0.4) is 0 Å². The summed E-state index contributed by atoms with van der Waals surface area (Å²) in [6.45, 7) is 6.13. The molecule has 0 fully saturated rings. The highest BCUT2D eigenvalue weighted by molar-refractivity contribution is 6.05. The monoisotopic (exact) mass is 164 g/mol. The SMILES string of the molecule is CCC1=CC(=O)C(=C(C)C)CC1. The van der Waals surface area contributed by atoms with Gasteiger partial charge in [-0.3, -0.25) is 4.79 Å². The smallest absolute Gasteiger partial charge is 0.181 e. The van der Waals surface area contributed by atoms with Gasteiger partial charge in [-0.15, -0.1) is 0 Å². The van der Waals surface area contributed by atoms with E-state index in [1.54, 1.807) is 0 Å². The Balaban J connectivity index is 2.88. The maximum atomic E-state index is 11.5. The summed E-state index contributed by atoms with van der Waals surface area (Å²) in [7, 11) is 0. The zero-order valence-corrected chi connectivity index (χ0v) is 8.11. The fraction of sp³-hybridized carbons (Fsp3) is 0.545. The van der Waals surface area contributed by atoms with Crippen molar-refractivity contribution in [3.63, 3.8) is 0 Å². The molecule has 0 atom stereocenters. The molecule has 0 amide bonds. The molecule has 0 aromatic heterocycles. The maximum Gasteiger partial charge on any atom is 0.181 e. The van der Waals surface area contributed by atoms with Gasteiger partial charge in [0.1, 0.15) is 0 Å². The normalized spacial score (nSPS) is 17.8. The first kappa shape index (κ1) is 9.24. The Bertz CT molecular complexity index is 252. The minimum Gasteiger partial charge on any atom is -0.290 e. The van der Waals surface area contributed by atoms with Crippen molar-refractivity contribution in [3.8, 4) is 0 Å². The van der Waals surface area contributed by atoms with E-state index in [1.165, 1.54) is 11.1 Å². The Morgan fingerprint density at radius 3 is 2.50 bits per heavy atom. The van der Waals surface area contributed by atoms with E-state index in [-0.39, 0.29) is 5.78 Å². The highest BCUT2D eigenvalue weighted by Crippen LogP contribution is 2.24. The molecule has 0 saturated heterocycles. The molecule has 0 N–H and O–H groups in total. The van der Waals surface area contributed by atoms with E-state index in [9.17, 15) is 4.79 Å². The van der Waals surface area contributed by atoms with Gasteiger partial charge in [-0.1, -0.05) is 18.1 Å². The van der Waals surface area contributed by atoms with Crippen molar-refractivity contribution >= 4 is 5.78 Å². The molecule has 0 unspecified atom stereocenters. The summed E-state index contributed by atoms with van der Waals surface area (Å²) in [6, 6.07) is 0. The predicted octanol–water partition coefficient (Wildman–Crippen LogP) is 3.02. The molecule has 0 spiro atoms. The Morgan fingerprint density at radius 1 is 1.42 bits per heavy atom. The predicted molar refractivity (Wildman–Crippen MR) is 51.0 cm³/mol. The van der Waals surface area contributed by atoms with Gasteiger partial charge in [0.05, 0.1) is 0 Å². The first-order valence-electron chi connectivity index (χ1n) is 4.55. The van der Waals surface area contributed by atoms with Crippen LogP contribution in [0.1, 0.15) is 40.0 Å². The van der Waals surface area contributed by atoms with E-state index in [0.717, 1.165) is 24.8 Å². The second-order valence-corrected chi connectivity index (χ2v) is 3.50. The summed E-state index contributed by atoms with van der Waals surface area (Å²) in [5, 5.41) is 0. The van der Waals surface area contributed by atoms with Crippen LogP contribution in [0.2, 0.25) is 0 Å². The maximum absolute atomic E-state index is 11.5. The molecule has 1 rings (SSSR count). The van der Waals surface area contributed by atoms with Crippen LogP contribution in [-0.4, -0.2) is 5.78 Å². The van der Waals surface area contributed by atoms with E-state index in [2.05, 4.69) is 6.92 Å². The van der Waals surface area contributed by atoms with Crippen LogP contribution >= 0.6 is 0 Å². The standard InChI is InChI=1S/C11H16O/c1-4-9-5-6-10(8(2)3)11(12)7-9/h7H,4-6H2,1-3H3. The van der Waals surface area contributed by atoms with Crippen molar-refractivity contribution in [3.05, 3.63) is 22.8 Å². The summed E-state index contributed by atoms with van der Waals surface area (Å²) in [6.07, 6.45) is 4.84.